The van der Waals surface area contributed by atoms with E-state index in [9.17, 15) is 5.11 Å². The first-order chi connectivity index (χ1) is 9.11. The molecule has 0 aliphatic rings. The Morgan fingerprint density at radius 3 is 2.05 bits per heavy atom. The van der Waals surface area contributed by atoms with Gasteiger partial charge in [0.2, 0.25) is 0 Å². The van der Waals surface area contributed by atoms with Crippen molar-refractivity contribution in [1.82, 2.24) is 0 Å². The number of aliphatic hydroxyl groups excluding tert-OH is 1. The summed E-state index contributed by atoms with van der Waals surface area (Å²) in [6, 6.07) is 14.7. The highest BCUT2D eigenvalue weighted by Gasteiger charge is 2.21. The molecule has 0 heterocycles. The zero-order chi connectivity index (χ0) is 13.8. The van der Waals surface area contributed by atoms with Gasteiger partial charge in [-0.1, -0.05) is 53.5 Å². The Hall–Kier alpha value is -1.06. The maximum Gasteiger partial charge on any atom is 0.0871 e. The standard InChI is InChI=1S/C15H15Cl2NO/c16-12-6-11(7-13(17)8-12)15(19)14(9-18)10-4-2-1-3-5-10/h1-8,14-15,19H,9,18H2. The molecule has 2 aromatic carbocycles. The molecule has 0 saturated carbocycles. The van der Waals surface area contributed by atoms with Gasteiger partial charge in [0.15, 0.2) is 0 Å². The van der Waals surface area contributed by atoms with Gasteiger partial charge in [0.05, 0.1) is 6.10 Å². The average Bonchev–Trinajstić information content (AvgIpc) is 2.39. The number of hydrogen-bond acceptors (Lipinski definition) is 2. The number of aliphatic hydroxyl groups is 1. The van der Waals surface area contributed by atoms with Crippen LogP contribution in [0.3, 0.4) is 0 Å². The Morgan fingerprint density at radius 2 is 1.53 bits per heavy atom. The first kappa shape index (κ1) is 14.4. The van der Waals surface area contributed by atoms with Crippen LogP contribution in [0.2, 0.25) is 10.0 Å². The first-order valence-electron chi connectivity index (χ1n) is 6.01. The molecule has 0 spiro atoms. The molecule has 0 fully saturated rings. The zero-order valence-electron chi connectivity index (χ0n) is 10.3. The van der Waals surface area contributed by atoms with Crippen molar-refractivity contribution < 1.29 is 5.11 Å². The van der Waals surface area contributed by atoms with E-state index in [1.165, 1.54) is 0 Å². The van der Waals surface area contributed by atoms with E-state index in [0.29, 0.717) is 22.2 Å². The number of halogens is 2. The molecular formula is C15H15Cl2NO. The summed E-state index contributed by atoms with van der Waals surface area (Å²) in [4.78, 5) is 0. The van der Waals surface area contributed by atoms with Gasteiger partial charge in [-0.2, -0.15) is 0 Å². The minimum absolute atomic E-state index is 0.185. The van der Waals surface area contributed by atoms with Gasteiger partial charge in [-0.15, -0.1) is 0 Å². The Kier molecular flexibility index (Phi) is 4.83. The van der Waals surface area contributed by atoms with Crippen molar-refractivity contribution in [1.29, 1.82) is 0 Å². The van der Waals surface area contributed by atoms with Crippen molar-refractivity contribution in [3.05, 3.63) is 69.7 Å². The van der Waals surface area contributed by atoms with Crippen LogP contribution in [0.5, 0.6) is 0 Å². The number of rotatable bonds is 4. The van der Waals surface area contributed by atoms with E-state index in [0.717, 1.165) is 5.56 Å². The molecular weight excluding hydrogens is 281 g/mol. The van der Waals surface area contributed by atoms with Gasteiger partial charge in [-0.3, -0.25) is 0 Å². The molecule has 3 N–H and O–H groups in total. The fourth-order valence-corrected chi connectivity index (χ4v) is 2.67. The Balaban J connectivity index is 2.33. The van der Waals surface area contributed by atoms with Crippen LogP contribution in [0.15, 0.2) is 48.5 Å². The fourth-order valence-electron chi connectivity index (χ4n) is 2.13. The van der Waals surface area contributed by atoms with Gasteiger partial charge in [0.25, 0.3) is 0 Å². The summed E-state index contributed by atoms with van der Waals surface area (Å²) in [6.45, 7) is 0.343. The smallest absolute Gasteiger partial charge is 0.0871 e. The topological polar surface area (TPSA) is 46.2 Å². The third kappa shape index (κ3) is 3.48. The lowest BCUT2D eigenvalue weighted by Crippen LogP contribution is -2.20. The molecule has 0 saturated heterocycles. The van der Waals surface area contributed by atoms with Crippen LogP contribution in [0.25, 0.3) is 0 Å². The van der Waals surface area contributed by atoms with Crippen LogP contribution in [-0.2, 0) is 0 Å². The largest absolute Gasteiger partial charge is 0.388 e. The maximum atomic E-state index is 10.5. The molecule has 2 unspecified atom stereocenters. The molecule has 0 bridgehead atoms. The summed E-state index contributed by atoms with van der Waals surface area (Å²) in [5, 5.41) is 11.5. The molecule has 0 aromatic heterocycles. The monoisotopic (exact) mass is 295 g/mol. The van der Waals surface area contributed by atoms with Crippen molar-refractivity contribution in [2.45, 2.75) is 12.0 Å². The SMILES string of the molecule is NCC(c1ccccc1)C(O)c1cc(Cl)cc(Cl)c1. The van der Waals surface area contributed by atoms with Crippen molar-refractivity contribution in [3.8, 4) is 0 Å². The normalized spacial score (nSPS) is 14.1. The minimum Gasteiger partial charge on any atom is -0.388 e. The maximum absolute atomic E-state index is 10.5. The Labute approximate surface area is 122 Å². The van der Waals surface area contributed by atoms with Crippen molar-refractivity contribution in [3.63, 3.8) is 0 Å². The number of benzene rings is 2. The molecule has 100 valence electrons. The predicted molar refractivity (Wildman–Crippen MR) is 79.7 cm³/mol. The predicted octanol–water partition coefficient (Wildman–Crippen LogP) is 3.77. The van der Waals surface area contributed by atoms with Gasteiger partial charge in [-0.05, 0) is 29.3 Å². The van der Waals surface area contributed by atoms with Gasteiger partial charge < -0.3 is 10.8 Å². The van der Waals surface area contributed by atoms with Crippen molar-refractivity contribution in [2.24, 2.45) is 5.73 Å². The third-order valence-electron chi connectivity index (χ3n) is 3.09. The second-order valence-corrected chi connectivity index (χ2v) is 5.27. The highest BCUT2D eigenvalue weighted by Crippen LogP contribution is 2.32. The number of nitrogens with two attached hydrogens (primary N) is 1. The molecule has 0 aliphatic heterocycles. The Bertz CT molecular complexity index is 525. The molecule has 0 aliphatic carbocycles. The lowest BCUT2D eigenvalue weighted by Gasteiger charge is -2.22. The van der Waals surface area contributed by atoms with Gasteiger partial charge in [0.1, 0.15) is 0 Å². The van der Waals surface area contributed by atoms with Crippen molar-refractivity contribution >= 4 is 23.2 Å². The van der Waals surface area contributed by atoms with Gasteiger partial charge in [0, 0.05) is 22.5 Å². The van der Waals surface area contributed by atoms with Gasteiger partial charge in [-0.25, -0.2) is 0 Å². The van der Waals surface area contributed by atoms with Crippen LogP contribution in [0.4, 0.5) is 0 Å². The lowest BCUT2D eigenvalue weighted by molar-refractivity contribution is 0.147. The highest BCUT2D eigenvalue weighted by atomic mass is 35.5. The van der Waals surface area contributed by atoms with E-state index in [1.54, 1.807) is 18.2 Å². The van der Waals surface area contributed by atoms with Crippen LogP contribution >= 0.6 is 23.2 Å². The Morgan fingerprint density at radius 1 is 0.947 bits per heavy atom. The summed E-state index contributed by atoms with van der Waals surface area (Å²) >= 11 is 11.9. The van der Waals surface area contributed by atoms with E-state index < -0.39 is 6.10 Å². The van der Waals surface area contributed by atoms with Crippen LogP contribution in [0.1, 0.15) is 23.1 Å². The molecule has 4 heteroatoms. The van der Waals surface area contributed by atoms with Crippen LogP contribution in [-0.4, -0.2) is 11.7 Å². The van der Waals surface area contributed by atoms with Crippen LogP contribution in [0, 0.1) is 0 Å². The van der Waals surface area contributed by atoms with E-state index in [1.807, 2.05) is 30.3 Å². The number of hydrogen-bond donors (Lipinski definition) is 2. The molecule has 2 rings (SSSR count). The third-order valence-corrected chi connectivity index (χ3v) is 3.53. The van der Waals surface area contributed by atoms with Gasteiger partial charge >= 0.3 is 0 Å². The molecule has 0 radical (unpaired) electrons. The molecule has 19 heavy (non-hydrogen) atoms. The van der Waals surface area contributed by atoms with E-state index >= 15 is 0 Å². The molecule has 0 amide bonds. The first-order valence-corrected chi connectivity index (χ1v) is 6.76. The molecule has 2 atom stereocenters. The van der Waals surface area contributed by atoms with E-state index in [-0.39, 0.29) is 5.92 Å². The molecule has 2 nitrogen and oxygen atoms in total. The highest BCUT2D eigenvalue weighted by molar-refractivity contribution is 6.34. The van der Waals surface area contributed by atoms with Crippen molar-refractivity contribution in [2.75, 3.05) is 6.54 Å². The minimum atomic E-state index is -0.733. The quantitative estimate of drug-likeness (QED) is 0.902. The second-order valence-electron chi connectivity index (χ2n) is 4.40. The van der Waals surface area contributed by atoms with E-state index in [2.05, 4.69) is 0 Å². The second kappa shape index (κ2) is 6.40. The fraction of sp³-hybridized carbons (Fsp3) is 0.200. The average molecular weight is 296 g/mol. The van der Waals surface area contributed by atoms with Crippen LogP contribution < -0.4 is 5.73 Å². The summed E-state index contributed by atoms with van der Waals surface area (Å²) in [5.41, 5.74) is 7.46. The lowest BCUT2D eigenvalue weighted by atomic mass is 9.89. The summed E-state index contributed by atoms with van der Waals surface area (Å²) in [6.07, 6.45) is -0.733. The summed E-state index contributed by atoms with van der Waals surface area (Å²) in [7, 11) is 0. The summed E-state index contributed by atoms with van der Waals surface area (Å²) in [5.74, 6) is -0.185. The van der Waals surface area contributed by atoms with E-state index in [4.69, 9.17) is 28.9 Å². The molecule has 2 aromatic rings. The zero-order valence-corrected chi connectivity index (χ0v) is 11.8. The summed E-state index contributed by atoms with van der Waals surface area (Å²) < 4.78 is 0.